The van der Waals surface area contributed by atoms with Crippen LogP contribution in [0.5, 0.6) is 11.5 Å². The van der Waals surface area contributed by atoms with Crippen LogP contribution >= 0.6 is 0 Å². The zero-order chi connectivity index (χ0) is 22.9. The first-order valence-corrected chi connectivity index (χ1v) is 11.5. The van der Waals surface area contributed by atoms with Crippen molar-refractivity contribution in [3.63, 3.8) is 0 Å². The zero-order valence-electron chi connectivity index (χ0n) is 18.8. The van der Waals surface area contributed by atoms with Gasteiger partial charge in [-0.05, 0) is 86.9 Å². The first-order valence-electron chi connectivity index (χ1n) is 11.5. The summed E-state index contributed by atoms with van der Waals surface area (Å²) >= 11 is 0. The maximum atomic E-state index is 13.2. The molecule has 0 atom stereocenters. The third-order valence-electron chi connectivity index (χ3n) is 6.56. The number of phenols is 2. The highest BCUT2D eigenvalue weighted by Gasteiger charge is 2.27. The van der Waals surface area contributed by atoms with Crippen LogP contribution in [-0.2, 0) is 6.54 Å². The highest BCUT2D eigenvalue weighted by atomic mass is 16.3. The van der Waals surface area contributed by atoms with Gasteiger partial charge in [0.05, 0.1) is 16.8 Å². The average Bonchev–Trinajstić information content (AvgIpc) is 3.18. The van der Waals surface area contributed by atoms with Crippen molar-refractivity contribution >= 4 is 16.7 Å². The van der Waals surface area contributed by atoms with E-state index in [4.69, 9.17) is 0 Å². The van der Waals surface area contributed by atoms with E-state index in [1.165, 1.54) is 6.42 Å². The molecule has 0 radical (unpaired) electrons. The molecule has 0 unspecified atom stereocenters. The van der Waals surface area contributed by atoms with Gasteiger partial charge in [-0.2, -0.15) is 0 Å². The van der Waals surface area contributed by atoms with Gasteiger partial charge >= 0.3 is 0 Å². The molecule has 2 heterocycles. The molecule has 5 nitrogen and oxygen atoms in total. The van der Waals surface area contributed by atoms with Crippen LogP contribution in [0.3, 0.4) is 0 Å². The Hall–Kier alpha value is -3.57. The van der Waals surface area contributed by atoms with Crippen LogP contribution < -0.4 is 0 Å². The molecule has 168 valence electrons. The third-order valence-corrected chi connectivity index (χ3v) is 6.56. The lowest BCUT2D eigenvalue weighted by Gasteiger charge is -2.27. The molecule has 0 amide bonds. The lowest BCUT2D eigenvalue weighted by atomic mass is 9.97. The standard InChI is InChI=1S/C28H28N2O3/c1-19(31)26-27-23(18-29-16-6-3-7-17-29)25(33)15-14-24(27)30(21-8-4-2-5-9-21)28(26)20-10-12-22(32)13-11-20/h2,4-5,8-15,32-33H,3,6-7,16-18H2,1H3. The van der Waals surface area contributed by atoms with Crippen molar-refractivity contribution in [2.24, 2.45) is 0 Å². The molecule has 0 spiro atoms. The van der Waals surface area contributed by atoms with Gasteiger partial charge in [-0.25, -0.2) is 0 Å². The molecular weight excluding hydrogens is 412 g/mol. The lowest BCUT2D eigenvalue weighted by Crippen LogP contribution is -2.29. The SMILES string of the molecule is CC(=O)c1c(-c2ccc(O)cc2)n(-c2ccccc2)c2ccc(O)c(CN3CCCCC3)c12. The molecule has 1 aliphatic rings. The van der Waals surface area contributed by atoms with E-state index < -0.39 is 0 Å². The first-order chi connectivity index (χ1) is 16.0. The molecule has 3 aromatic carbocycles. The summed E-state index contributed by atoms with van der Waals surface area (Å²) in [5.74, 6) is 0.343. The number of phenolic OH excluding ortho intramolecular Hbond substituents is 2. The number of piperidine rings is 1. The number of hydrogen-bond acceptors (Lipinski definition) is 4. The number of Topliss-reactive ketones (excluding diaryl/α,β-unsaturated/α-hetero) is 1. The highest BCUT2D eigenvalue weighted by molar-refractivity contribution is 6.15. The summed E-state index contributed by atoms with van der Waals surface area (Å²) in [7, 11) is 0. The Balaban J connectivity index is 1.85. The van der Waals surface area contributed by atoms with E-state index >= 15 is 0 Å². The Morgan fingerprint density at radius 1 is 0.879 bits per heavy atom. The zero-order valence-corrected chi connectivity index (χ0v) is 18.8. The van der Waals surface area contributed by atoms with E-state index in [1.807, 2.05) is 48.5 Å². The van der Waals surface area contributed by atoms with Crippen molar-refractivity contribution in [1.29, 1.82) is 0 Å². The van der Waals surface area contributed by atoms with Crippen LogP contribution in [0.2, 0.25) is 0 Å². The summed E-state index contributed by atoms with van der Waals surface area (Å²) in [6.07, 6.45) is 3.54. The maximum absolute atomic E-state index is 13.2. The predicted octanol–water partition coefficient (Wildman–Crippen LogP) is 5.90. The number of nitrogens with zero attached hydrogens (tertiary/aromatic N) is 2. The number of aromatic hydroxyl groups is 2. The number of ketones is 1. The second-order valence-corrected chi connectivity index (χ2v) is 8.79. The smallest absolute Gasteiger partial charge is 0.162 e. The van der Waals surface area contributed by atoms with E-state index in [0.29, 0.717) is 12.1 Å². The number of fused-ring (bicyclic) bond motifs is 1. The molecule has 1 aromatic heterocycles. The van der Waals surface area contributed by atoms with Gasteiger partial charge < -0.3 is 14.8 Å². The molecule has 0 aliphatic carbocycles. The number of likely N-dealkylation sites (tertiary alicyclic amines) is 1. The molecule has 33 heavy (non-hydrogen) atoms. The number of carbonyl (C=O) groups excluding carboxylic acids is 1. The molecular formula is C28H28N2O3. The van der Waals surface area contributed by atoms with Crippen molar-refractivity contribution in [3.05, 3.63) is 77.9 Å². The van der Waals surface area contributed by atoms with Crippen LogP contribution in [0, 0.1) is 0 Å². The van der Waals surface area contributed by atoms with E-state index in [-0.39, 0.29) is 17.3 Å². The fourth-order valence-electron chi connectivity index (χ4n) is 5.02. The fraction of sp³-hybridized carbons (Fsp3) is 0.250. The number of rotatable bonds is 5. The molecule has 5 rings (SSSR count). The normalized spacial score (nSPS) is 14.6. The van der Waals surface area contributed by atoms with Gasteiger partial charge in [-0.3, -0.25) is 9.69 Å². The Morgan fingerprint density at radius 3 is 2.24 bits per heavy atom. The Bertz CT molecular complexity index is 1300. The topological polar surface area (TPSA) is 65.7 Å². The number of carbonyl (C=O) groups is 1. The van der Waals surface area contributed by atoms with Crippen molar-refractivity contribution in [2.45, 2.75) is 32.7 Å². The third kappa shape index (κ3) is 3.89. The minimum Gasteiger partial charge on any atom is -0.508 e. The van der Waals surface area contributed by atoms with E-state index in [2.05, 4.69) is 9.47 Å². The number of para-hydroxylation sites is 1. The molecule has 1 aliphatic heterocycles. The summed E-state index contributed by atoms with van der Waals surface area (Å²) < 4.78 is 2.09. The largest absolute Gasteiger partial charge is 0.508 e. The van der Waals surface area contributed by atoms with Crippen LogP contribution in [0.4, 0.5) is 0 Å². The fourth-order valence-corrected chi connectivity index (χ4v) is 5.02. The number of aromatic nitrogens is 1. The van der Waals surface area contributed by atoms with Crippen LogP contribution in [0.1, 0.15) is 42.1 Å². The predicted molar refractivity (Wildman–Crippen MR) is 131 cm³/mol. The summed E-state index contributed by atoms with van der Waals surface area (Å²) in [5, 5.41) is 21.6. The molecule has 1 saturated heterocycles. The second-order valence-electron chi connectivity index (χ2n) is 8.79. The van der Waals surface area contributed by atoms with Crippen molar-refractivity contribution < 1.29 is 15.0 Å². The van der Waals surface area contributed by atoms with Crippen molar-refractivity contribution in [2.75, 3.05) is 13.1 Å². The minimum atomic E-state index is -0.0525. The number of hydrogen-bond donors (Lipinski definition) is 2. The van der Waals surface area contributed by atoms with Gasteiger partial charge in [-0.1, -0.05) is 24.6 Å². The molecule has 0 bridgehead atoms. The summed E-state index contributed by atoms with van der Waals surface area (Å²) in [6.45, 7) is 4.19. The Kier molecular flexibility index (Phi) is 5.65. The highest BCUT2D eigenvalue weighted by Crippen LogP contribution is 2.41. The van der Waals surface area contributed by atoms with Gasteiger partial charge in [0.25, 0.3) is 0 Å². The first kappa shape index (κ1) is 21.3. The summed E-state index contributed by atoms with van der Waals surface area (Å²) in [4.78, 5) is 15.5. The minimum absolute atomic E-state index is 0.0525. The second kappa shape index (κ2) is 8.75. The molecule has 5 heteroatoms. The Morgan fingerprint density at radius 2 is 1.58 bits per heavy atom. The van der Waals surface area contributed by atoms with Crippen LogP contribution in [-0.4, -0.2) is 38.6 Å². The molecule has 1 fully saturated rings. The Labute approximate surface area is 193 Å². The van der Waals surface area contributed by atoms with Gasteiger partial charge in [0.2, 0.25) is 0 Å². The van der Waals surface area contributed by atoms with Gasteiger partial charge in [0.15, 0.2) is 5.78 Å². The van der Waals surface area contributed by atoms with Gasteiger partial charge in [0.1, 0.15) is 11.5 Å². The molecule has 0 saturated carbocycles. The quantitative estimate of drug-likeness (QED) is 0.379. The molecule has 2 N–H and O–H groups in total. The maximum Gasteiger partial charge on any atom is 0.162 e. The number of benzene rings is 3. The van der Waals surface area contributed by atoms with E-state index in [0.717, 1.165) is 59.3 Å². The van der Waals surface area contributed by atoms with Gasteiger partial charge in [-0.15, -0.1) is 0 Å². The van der Waals surface area contributed by atoms with E-state index in [9.17, 15) is 15.0 Å². The lowest BCUT2D eigenvalue weighted by molar-refractivity contribution is 0.101. The summed E-state index contributed by atoms with van der Waals surface area (Å²) in [5.41, 5.74) is 4.83. The van der Waals surface area contributed by atoms with Crippen molar-refractivity contribution in [3.8, 4) is 28.4 Å². The van der Waals surface area contributed by atoms with Crippen molar-refractivity contribution in [1.82, 2.24) is 9.47 Å². The van der Waals surface area contributed by atoms with Gasteiger partial charge in [0, 0.05) is 23.2 Å². The monoisotopic (exact) mass is 440 g/mol. The van der Waals surface area contributed by atoms with Crippen LogP contribution in [0.25, 0.3) is 27.8 Å². The summed E-state index contributed by atoms with van der Waals surface area (Å²) in [6, 6.07) is 20.5. The van der Waals surface area contributed by atoms with Crippen LogP contribution in [0.15, 0.2) is 66.7 Å². The molecule has 4 aromatic rings. The average molecular weight is 441 g/mol. The van der Waals surface area contributed by atoms with E-state index in [1.54, 1.807) is 25.1 Å².